The Morgan fingerprint density at radius 3 is 2.12 bits per heavy atom. The van der Waals surface area contributed by atoms with Crippen LogP contribution < -0.4 is 0 Å². The fraction of sp³-hybridized carbons (Fsp3) is 0.615. The number of aromatic nitrogens is 2. The molecule has 1 heterocycles. The van der Waals surface area contributed by atoms with Crippen LogP contribution in [0.5, 0.6) is 0 Å². The molecule has 1 aromatic heterocycles. The fourth-order valence-corrected chi connectivity index (χ4v) is 1.81. The molecule has 0 fully saturated rings. The summed E-state index contributed by atoms with van der Waals surface area (Å²) in [5.74, 6) is -0.0341. The Balaban J connectivity index is 2.88. The highest BCUT2D eigenvalue weighted by atomic mass is 16.4. The zero-order valence-corrected chi connectivity index (χ0v) is 10.8. The van der Waals surface area contributed by atoms with Crippen LogP contribution in [0, 0.1) is 11.8 Å². The smallest absolute Gasteiger partial charge is 0.311 e. The first-order valence-corrected chi connectivity index (χ1v) is 5.95. The molecule has 4 nitrogen and oxygen atoms in total. The van der Waals surface area contributed by atoms with Crippen molar-refractivity contribution in [3.05, 3.63) is 23.8 Å². The molecule has 0 amide bonds. The van der Waals surface area contributed by atoms with Crippen molar-refractivity contribution in [3.63, 3.8) is 0 Å². The summed E-state index contributed by atoms with van der Waals surface area (Å²) in [6.07, 6.45) is 4.10. The Kier molecular flexibility index (Phi) is 4.61. The largest absolute Gasteiger partial charge is 0.481 e. The number of aliphatic carboxylic acids is 1. The third-order valence-corrected chi connectivity index (χ3v) is 2.61. The zero-order chi connectivity index (χ0) is 13.0. The van der Waals surface area contributed by atoms with Gasteiger partial charge in [-0.1, -0.05) is 27.7 Å². The lowest BCUT2D eigenvalue weighted by atomic mass is 9.90. The van der Waals surface area contributed by atoms with Crippen molar-refractivity contribution < 1.29 is 9.90 Å². The first-order chi connectivity index (χ1) is 7.91. The van der Waals surface area contributed by atoms with Crippen molar-refractivity contribution in [1.29, 1.82) is 0 Å². The normalized spacial score (nSPS) is 13.1. The minimum absolute atomic E-state index is 0.0343. The highest BCUT2D eigenvalue weighted by molar-refractivity contribution is 5.76. The van der Waals surface area contributed by atoms with Crippen molar-refractivity contribution in [2.75, 3.05) is 0 Å². The maximum Gasteiger partial charge on any atom is 0.311 e. The van der Waals surface area contributed by atoms with Gasteiger partial charge in [0.05, 0.1) is 5.92 Å². The molecule has 0 bridgehead atoms. The lowest BCUT2D eigenvalue weighted by Crippen LogP contribution is -2.18. The molecule has 1 aromatic rings. The standard InChI is InChI=1S/C13H20N2O2/c1-8(2)5-11-14-6-10(7-15-11)12(9(3)4)13(16)17/h6-9,12H,5H2,1-4H3,(H,16,17). The molecule has 1 N–H and O–H groups in total. The predicted octanol–water partition coefficient (Wildman–Crippen LogP) is 2.50. The van der Waals surface area contributed by atoms with Crippen LogP contribution in [0.1, 0.15) is 45.0 Å². The van der Waals surface area contributed by atoms with Crippen molar-refractivity contribution in [3.8, 4) is 0 Å². The summed E-state index contributed by atoms with van der Waals surface area (Å²) in [5.41, 5.74) is 0.681. The van der Waals surface area contributed by atoms with E-state index in [-0.39, 0.29) is 5.92 Å². The summed E-state index contributed by atoms with van der Waals surface area (Å²) in [7, 11) is 0. The lowest BCUT2D eigenvalue weighted by molar-refractivity contribution is -0.139. The van der Waals surface area contributed by atoms with Gasteiger partial charge < -0.3 is 5.11 Å². The van der Waals surface area contributed by atoms with Crippen molar-refractivity contribution in [2.24, 2.45) is 11.8 Å². The Hall–Kier alpha value is -1.45. The summed E-state index contributed by atoms with van der Waals surface area (Å²) < 4.78 is 0. The van der Waals surface area contributed by atoms with E-state index in [2.05, 4.69) is 23.8 Å². The molecule has 94 valence electrons. The SMILES string of the molecule is CC(C)Cc1ncc(C(C(=O)O)C(C)C)cn1. The van der Waals surface area contributed by atoms with Crippen LogP contribution in [0.3, 0.4) is 0 Å². The molecular weight excluding hydrogens is 216 g/mol. The Morgan fingerprint density at radius 1 is 1.24 bits per heavy atom. The Labute approximate surface area is 102 Å². The predicted molar refractivity (Wildman–Crippen MR) is 65.8 cm³/mol. The number of hydrogen-bond acceptors (Lipinski definition) is 3. The number of carboxylic acid groups (broad SMARTS) is 1. The second-order valence-electron chi connectivity index (χ2n) is 5.09. The van der Waals surface area contributed by atoms with E-state index in [1.54, 1.807) is 12.4 Å². The molecule has 1 atom stereocenters. The van der Waals surface area contributed by atoms with Crippen molar-refractivity contribution in [1.82, 2.24) is 9.97 Å². The molecule has 1 unspecified atom stereocenters. The van der Waals surface area contributed by atoms with E-state index < -0.39 is 11.9 Å². The van der Waals surface area contributed by atoms with Crippen LogP contribution >= 0.6 is 0 Å². The van der Waals surface area contributed by atoms with Gasteiger partial charge >= 0.3 is 5.97 Å². The third kappa shape index (κ3) is 3.80. The molecule has 0 saturated heterocycles. The molecule has 1 rings (SSSR count). The van der Waals surface area contributed by atoms with Gasteiger partial charge in [-0.05, 0) is 11.8 Å². The number of hydrogen-bond donors (Lipinski definition) is 1. The molecule has 4 heteroatoms. The third-order valence-electron chi connectivity index (χ3n) is 2.61. The topological polar surface area (TPSA) is 63.1 Å². The van der Waals surface area contributed by atoms with Crippen molar-refractivity contribution in [2.45, 2.75) is 40.0 Å². The van der Waals surface area contributed by atoms with Gasteiger partial charge in [0.15, 0.2) is 0 Å². The van der Waals surface area contributed by atoms with E-state index in [1.807, 2.05) is 13.8 Å². The van der Waals surface area contributed by atoms with Crippen molar-refractivity contribution >= 4 is 5.97 Å². The zero-order valence-electron chi connectivity index (χ0n) is 10.8. The van der Waals surface area contributed by atoms with Gasteiger partial charge in [0.25, 0.3) is 0 Å². The summed E-state index contributed by atoms with van der Waals surface area (Å²) in [5, 5.41) is 9.16. The van der Waals surface area contributed by atoms with Crippen LogP contribution in [0.15, 0.2) is 12.4 Å². The summed E-state index contributed by atoms with van der Waals surface area (Å²) in [6.45, 7) is 7.98. The average molecular weight is 236 g/mol. The first kappa shape index (κ1) is 13.6. The monoisotopic (exact) mass is 236 g/mol. The van der Waals surface area contributed by atoms with Gasteiger partial charge in [0, 0.05) is 24.4 Å². The molecule has 0 aliphatic heterocycles. The minimum atomic E-state index is -0.819. The molecule has 0 radical (unpaired) electrons. The number of nitrogens with zero attached hydrogens (tertiary/aromatic N) is 2. The molecule has 17 heavy (non-hydrogen) atoms. The molecule has 0 aliphatic rings. The second kappa shape index (κ2) is 5.75. The number of rotatable bonds is 5. The lowest BCUT2D eigenvalue weighted by Gasteiger charge is -2.16. The first-order valence-electron chi connectivity index (χ1n) is 5.95. The van der Waals surface area contributed by atoms with E-state index in [0.717, 1.165) is 12.2 Å². The highest BCUT2D eigenvalue weighted by Gasteiger charge is 2.24. The van der Waals surface area contributed by atoms with Gasteiger partial charge in [-0.2, -0.15) is 0 Å². The van der Waals surface area contributed by atoms with Gasteiger partial charge in [0.1, 0.15) is 5.82 Å². The molecular formula is C13H20N2O2. The summed E-state index contributed by atoms with van der Waals surface area (Å²) >= 11 is 0. The van der Waals surface area contributed by atoms with E-state index in [1.165, 1.54) is 0 Å². The van der Waals surface area contributed by atoms with E-state index in [0.29, 0.717) is 11.5 Å². The minimum Gasteiger partial charge on any atom is -0.481 e. The summed E-state index contributed by atoms with van der Waals surface area (Å²) in [4.78, 5) is 19.6. The van der Waals surface area contributed by atoms with Gasteiger partial charge in [-0.3, -0.25) is 4.79 Å². The van der Waals surface area contributed by atoms with Crippen LogP contribution in [-0.4, -0.2) is 21.0 Å². The fourth-order valence-electron chi connectivity index (χ4n) is 1.81. The number of carboxylic acids is 1. The Morgan fingerprint density at radius 2 is 1.76 bits per heavy atom. The maximum atomic E-state index is 11.1. The summed E-state index contributed by atoms with van der Waals surface area (Å²) in [6, 6.07) is 0. The highest BCUT2D eigenvalue weighted by Crippen LogP contribution is 2.23. The van der Waals surface area contributed by atoms with Gasteiger partial charge in [0.2, 0.25) is 0 Å². The molecule has 0 aromatic carbocycles. The second-order valence-corrected chi connectivity index (χ2v) is 5.09. The van der Waals surface area contributed by atoms with Crippen LogP contribution in [0.25, 0.3) is 0 Å². The molecule has 0 aliphatic carbocycles. The van der Waals surface area contributed by atoms with Gasteiger partial charge in [-0.15, -0.1) is 0 Å². The van der Waals surface area contributed by atoms with Crippen LogP contribution in [0.2, 0.25) is 0 Å². The van der Waals surface area contributed by atoms with Crippen LogP contribution in [0.4, 0.5) is 0 Å². The Bertz CT molecular complexity index is 372. The maximum absolute atomic E-state index is 11.1. The van der Waals surface area contributed by atoms with E-state index in [9.17, 15) is 4.79 Å². The van der Waals surface area contributed by atoms with Crippen LogP contribution in [-0.2, 0) is 11.2 Å². The van der Waals surface area contributed by atoms with E-state index in [4.69, 9.17) is 5.11 Å². The van der Waals surface area contributed by atoms with Gasteiger partial charge in [-0.25, -0.2) is 9.97 Å². The molecule has 0 saturated carbocycles. The quantitative estimate of drug-likeness (QED) is 0.853. The van der Waals surface area contributed by atoms with E-state index >= 15 is 0 Å². The molecule has 0 spiro atoms. The average Bonchev–Trinajstić information content (AvgIpc) is 2.18. The number of carbonyl (C=O) groups is 1.